The summed E-state index contributed by atoms with van der Waals surface area (Å²) in [4.78, 5) is -1.48. The molecule has 0 saturated carbocycles. The molecule has 0 spiro atoms. The van der Waals surface area contributed by atoms with Gasteiger partial charge in [0.05, 0.1) is 0 Å². The van der Waals surface area contributed by atoms with Crippen LogP contribution in [-0.2, 0) is 28.3 Å². The fourth-order valence-corrected chi connectivity index (χ4v) is 5.63. The van der Waals surface area contributed by atoms with E-state index in [9.17, 15) is 13.0 Å². The average molecular weight is 350 g/mol. The molecule has 0 aliphatic heterocycles. The van der Waals surface area contributed by atoms with Crippen molar-refractivity contribution in [2.45, 2.75) is 30.7 Å². The van der Waals surface area contributed by atoms with Crippen molar-refractivity contribution < 1.29 is 30.8 Å². The number of hydrogen-bond acceptors (Lipinski definition) is 5. The molecule has 0 aromatic carbocycles. The van der Waals surface area contributed by atoms with Gasteiger partial charge in [-0.3, -0.25) is 4.55 Å². The Morgan fingerprint density at radius 1 is 1.09 bits per heavy atom. The topological polar surface area (TPSA) is 85.9 Å². The molecule has 0 aliphatic carbocycles. The predicted molar refractivity (Wildman–Crippen MR) is 82.7 cm³/mol. The van der Waals surface area contributed by atoms with Gasteiger partial charge >= 0.3 is 18.9 Å². The summed E-state index contributed by atoms with van der Waals surface area (Å²) in [6, 6.07) is 5.46. The molecule has 126 valence electrons. The van der Waals surface area contributed by atoms with E-state index in [0.717, 1.165) is 0 Å². The predicted octanol–water partition coefficient (Wildman–Crippen LogP) is 1.19. The highest BCUT2D eigenvalue weighted by atomic mass is 32.2. The number of rotatable bonds is 9. The minimum Gasteiger partial charge on any atom is -0.377 e. The molecule has 0 amide bonds. The molecule has 7 nitrogen and oxygen atoms in total. The lowest BCUT2D eigenvalue weighted by atomic mass is 10.1. The molecule has 22 heavy (non-hydrogen) atoms. The Kier molecular flexibility index (Phi) is 6.65. The van der Waals surface area contributed by atoms with Gasteiger partial charge in [-0.25, -0.2) is 0 Å². The SMILES string of the molecule is CCC(CC[Si](OC)(OC)OC)([n+]1ccccc1)S(=O)(=O)O. The number of pyridine rings is 1. The van der Waals surface area contributed by atoms with Crippen LogP contribution in [0.2, 0.25) is 6.04 Å². The normalized spacial score (nSPS) is 15.5. The largest absolute Gasteiger partial charge is 0.500 e. The number of aromatic nitrogens is 1. The lowest BCUT2D eigenvalue weighted by Crippen LogP contribution is -2.61. The van der Waals surface area contributed by atoms with E-state index in [1.54, 1.807) is 37.5 Å². The van der Waals surface area contributed by atoms with Crippen LogP contribution >= 0.6 is 0 Å². The van der Waals surface area contributed by atoms with Crippen LogP contribution in [0.25, 0.3) is 0 Å². The summed E-state index contributed by atoms with van der Waals surface area (Å²) >= 11 is 0. The highest BCUT2D eigenvalue weighted by molar-refractivity contribution is 7.86. The van der Waals surface area contributed by atoms with Gasteiger partial charge in [-0.2, -0.15) is 13.0 Å². The van der Waals surface area contributed by atoms with Crippen LogP contribution in [0.5, 0.6) is 0 Å². The Labute approximate surface area is 133 Å². The van der Waals surface area contributed by atoms with Crippen molar-refractivity contribution in [1.29, 1.82) is 0 Å². The maximum Gasteiger partial charge on any atom is 0.500 e. The van der Waals surface area contributed by atoms with Crippen molar-refractivity contribution in [2.75, 3.05) is 21.3 Å². The van der Waals surface area contributed by atoms with E-state index in [0.29, 0.717) is 0 Å². The quantitative estimate of drug-likeness (QED) is 0.409. The van der Waals surface area contributed by atoms with Gasteiger partial charge in [-0.15, -0.1) is 0 Å². The van der Waals surface area contributed by atoms with Crippen LogP contribution in [0.15, 0.2) is 30.6 Å². The molecule has 1 rings (SSSR count). The molecule has 0 saturated heterocycles. The second-order valence-corrected chi connectivity index (χ2v) is 9.65. The summed E-state index contributed by atoms with van der Waals surface area (Å²) in [7, 11) is -2.90. The van der Waals surface area contributed by atoms with Gasteiger partial charge in [0.1, 0.15) is 0 Å². The number of nitrogens with zero attached hydrogens (tertiary/aromatic N) is 1. The molecule has 0 radical (unpaired) electrons. The molecule has 1 unspecified atom stereocenters. The summed E-state index contributed by atoms with van der Waals surface area (Å²) in [5.74, 6) is 0. The molecule has 0 bridgehead atoms. The second kappa shape index (κ2) is 7.62. The summed E-state index contributed by atoms with van der Waals surface area (Å²) in [5, 5.41) is 0. The van der Waals surface area contributed by atoms with Crippen molar-refractivity contribution in [3.8, 4) is 0 Å². The fraction of sp³-hybridized carbons (Fsp3) is 0.615. The molecular weight excluding hydrogens is 326 g/mol. The van der Waals surface area contributed by atoms with Crippen LogP contribution in [0.4, 0.5) is 0 Å². The zero-order valence-corrected chi connectivity index (χ0v) is 15.2. The van der Waals surface area contributed by atoms with E-state index in [4.69, 9.17) is 13.3 Å². The maximum atomic E-state index is 12.1. The van der Waals surface area contributed by atoms with Crippen molar-refractivity contribution >= 4 is 18.9 Å². The third-order valence-corrected chi connectivity index (χ3v) is 8.37. The van der Waals surface area contributed by atoms with Gasteiger partial charge in [-0.1, -0.05) is 13.0 Å². The van der Waals surface area contributed by atoms with E-state index >= 15 is 0 Å². The summed E-state index contributed by atoms with van der Waals surface area (Å²) in [6.45, 7) is 1.71. The average Bonchev–Trinajstić information content (AvgIpc) is 2.52. The third kappa shape index (κ3) is 3.73. The Balaban J connectivity index is 3.24. The first-order chi connectivity index (χ1) is 10.3. The van der Waals surface area contributed by atoms with E-state index in [-0.39, 0.29) is 18.9 Å². The highest BCUT2D eigenvalue weighted by Gasteiger charge is 2.53. The molecule has 9 heteroatoms. The lowest BCUT2D eigenvalue weighted by molar-refractivity contribution is -0.742. The van der Waals surface area contributed by atoms with Crippen molar-refractivity contribution in [3.63, 3.8) is 0 Å². The minimum atomic E-state index is -4.36. The van der Waals surface area contributed by atoms with Gasteiger partial charge in [0.2, 0.25) is 0 Å². The van der Waals surface area contributed by atoms with E-state index < -0.39 is 23.8 Å². The maximum absolute atomic E-state index is 12.1. The molecule has 1 heterocycles. The van der Waals surface area contributed by atoms with Gasteiger partial charge in [0.25, 0.3) is 4.87 Å². The molecule has 1 aromatic heterocycles. The standard InChI is InChI=1S/C13H23NO6SSi/c1-5-13(21(15,16)17,14-10-7-6-8-11-14)9-12-22(18-2,19-3)20-4/h6-8,10-11H,5,9,12H2,1-4H3/p+1. The van der Waals surface area contributed by atoms with Crippen molar-refractivity contribution in [3.05, 3.63) is 30.6 Å². The smallest absolute Gasteiger partial charge is 0.377 e. The van der Waals surface area contributed by atoms with E-state index in [1.807, 2.05) is 0 Å². The lowest BCUT2D eigenvalue weighted by Gasteiger charge is -2.29. The van der Waals surface area contributed by atoms with E-state index in [2.05, 4.69) is 0 Å². The first-order valence-corrected chi connectivity index (χ1v) is 10.3. The van der Waals surface area contributed by atoms with Gasteiger partial charge in [0.15, 0.2) is 12.4 Å². The zero-order chi connectivity index (χ0) is 16.9. The summed E-state index contributed by atoms with van der Waals surface area (Å²) in [6.07, 6.45) is 3.54. The van der Waals surface area contributed by atoms with Crippen LogP contribution < -0.4 is 4.57 Å². The van der Waals surface area contributed by atoms with Crippen LogP contribution in [0, 0.1) is 0 Å². The van der Waals surface area contributed by atoms with Crippen LogP contribution in [0.3, 0.4) is 0 Å². The summed E-state index contributed by atoms with van der Waals surface area (Å²) < 4.78 is 51.5. The number of hydrogen-bond donors (Lipinski definition) is 1. The van der Waals surface area contributed by atoms with Crippen LogP contribution in [0.1, 0.15) is 19.8 Å². The first-order valence-electron chi connectivity index (χ1n) is 6.90. The van der Waals surface area contributed by atoms with Gasteiger partial charge in [-0.05, 0) is 0 Å². The molecule has 1 aromatic rings. The van der Waals surface area contributed by atoms with E-state index in [1.165, 1.54) is 25.9 Å². The molecule has 1 atom stereocenters. The third-order valence-electron chi connectivity index (χ3n) is 3.97. The monoisotopic (exact) mass is 350 g/mol. The zero-order valence-electron chi connectivity index (χ0n) is 13.4. The minimum absolute atomic E-state index is 0.110. The van der Waals surface area contributed by atoms with Crippen molar-refractivity contribution in [1.82, 2.24) is 0 Å². The Morgan fingerprint density at radius 2 is 1.59 bits per heavy atom. The van der Waals surface area contributed by atoms with Crippen LogP contribution in [-0.4, -0.2) is 43.1 Å². The fourth-order valence-electron chi connectivity index (χ4n) is 2.51. The summed E-state index contributed by atoms with van der Waals surface area (Å²) in [5.41, 5.74) is 0. The molecular formula is C13H24NO6SSi+. The highest BCUT2D eigenvalue weighted by Crippen LogP contribution is 2.30. The van der Waals surface area contributed by atoms with Gasteiger partial charge in [0, 0.05) is 52.3 Å². The molecule has 0 fully saturated rings. The Hall–Kier alpha value is -0.843. The van der Waals surface area contributed by atoms with Crippen molar-refractivity contribution in [2.24, 2.45) is 0 Å². The second-order valence-electron chi connectivity index (χ2n) is 4.85. The Bertz CT molecular complexity index is 555. The molecule has 0 aliphatic rings. The molecule has 1 N–H and O–H groups in total. The van der Waals surface area contributed by atoms with Gasteiger partial charge < -0.3 is 13.3 Å². The Morgan fingerprint density at radius 3 is 1.95 bits per heavy atom. The first kappa shape index (κ1) is 19.2.